The highest BCUT2D eigenvalue weighted by Crippen LogP contribution is 2.43. The van der Waals surface area contributed by atoms with Gasteiger partial charge in [0.1, 0.15) is 6.61 Å². The molecule has 56 heavy (non-hydrogen) atoms. The largest absolute Gasteiger partial charge is 0.472 e. The summed E-state index contributed by atoms with van der Waals surface area (Å²) >= 11 is 0. The molecule has 0 spiro atoms. The van der Waals surface area contributed by atoms with Gasteiger partial charge in [-0.1, -0.05) is 159 Å². The molecule has 0 aliphatic carbocycles. The van der Waals surface area contributed by atoms with Crippen molar-refractivity contribution >= 4 is 19.8 Å². The van der Waals surface area contributed by atoms with Crippen molar-refractivity contribution in [3.05, 3.63) is 36.5 Å². The molecule has 0 amide bonds. The second kappa shape index (κ2) is 42.8. The van der Waals surface area contributed by atoms with Crippen LogP contribution >= 0.6 is 7.82 Å². The molecule has 2 unspecified atom stereocenters. The maximum Gasteiger partial charge on any atom is 0.472 e. The van der Waals surface area contributed by atoms with Gasteiger partial charge in [0.2, 0.25) is 0 Å². The lowest BCUT2D eigenvalue weighted by atomic mass is 10.1. The Morgan fingerprint density at radius 2 is 0.964 bits per heavy atom. The molecule has 2 atom stereocenters. The van der Waals surface area contributed by atoms with E-state index >= 15 is 0 Å². The third-order valence-electron chi connectivity index (χ3n) is 9.73. The van der Waals surface area contributed by atoms with Gasteiger partial charge in [0.15, 0.2) is 6.10 Å². The van der Waals surface area contributed by atoms with Gasteiger partial charge in [-0.3, -0.25) is 18.6 Å². The first-order valence-corrected chi connectivity index (χ1v) is 24.4. The van der Waals surface area contributed by atoms with Crippen LogP contribution in [0.25, 0.3) is 0 Å². The Balaban J connectivity index is 4.19. The van der Waals surface area contributed by atoms with Crippen LogP contribution in [0.1, 0.15) is 206 Å². The van der Waals surface area contributed by atoms with Crippen molar-refractivity contribution < 1.29 is 37.6 Å². The van der Waals surface area contributed by atoms with E-state index in [0.717, 1.165) is 57.8 Å². The Labute approximate surface area is 344 Å². The molecular weight excluding hydrogens is 725 g/mol. The molecule has 0 heterocycles. The van der Waals surface area contributed by atoms with Crippen molar-refractivity contribution in [3.8, 4) is 0 Å². The van der Waals surface area contributed by atoms with Crippen LogP contribution in [0.4, 0.5) is 0 Å². The molecule has 328 valence electrons. The maximum absolute atomic E-state index is 12.6. The van der Waals surface area contributed by atoms with Crippen molar-refractivity contribution in [2.45, 2.75) is 213 Å². The molecule has 0 aromatic heterocycles. The zero-order valence-electron chi connectivity index (χ0n) is 36.3. The van der Waals surface area contributed by atoms with Crippen molar-refractivity contribution in [1.82, 2.24) is 5.32 Å². The quantitative estimate of drug-likeness (QED) is 0.0268. The first kappa shape index (κ1) is 54.2. The smallest absolute Gasteiger partial charge is 0.462 e. The van der Waals surface area contributed by atoms with Gasteiger partial charge in [-0.2, -0.15) is 0 Å². The Kier molecular flexibility index (Phi) is 41.5. The molecule has 0 bridgehead atoms. The minimum atomic E-state index is -4.35. The number of carbonyl (C=O) groups is 2. The molecule has 0 radical (unpaired) electrons. The molecule has 10 heteroatoms. The Hall–Kier alpha value is -1.77. The van der Waals surface area contributed by atoms with E-state index in [0.29, 0.717) is 13.0 Å². The second-order valence-corrected chi connectivity index (χ2v) is 16.7. The highest BCUT2D eigenvalue weighted by Gasteiger charge is 2.26. The summed E-state index contributed by atoms with van der Waals surface area (Å²) in [4.78, 5) is 35.1. The minimum Gasteiger partial charge on any atom is -0.462 e. The van der Waals surface area contributed by atoms with Crippen LogP contribution in [0.5, 0.6) is 0 Å². The summed E-state index contributed by atoms with van der Waals surface area (Å²) in [7, 11) is -2.65. The number of unbranched alkanes of at least 4 members (excludes halogenated alkanes) is 23. The van der Waals surface area contributed by atoms with Gasteiger partial charge in [-0.25, -0.2) is 4.57 Å². The third kappa shape index (κ3) is 41.9. The monoisotopic (exact) mass is 812 g/mol. The highest BCUT2D eigenvalue weighted by molar-refractivity contribution is 7.47. The molecule has 0 aromatic carbocycles. The number of nitrogens with one attached hydrogen (secondary N) is 1. The van der Waals surface area contributed by atoms with E-state index in [-0.39, 0.29) is 32.0 Å². The standard InChI is InChI=1S/C46H86NO8P/c1-4-6-8-10-12-14-16-18-20-21-22-23-25-26-28-30-32-34-36-38-45(48)52-42-44(43-54-56(50,51)53-41-40-47-3)55-46(49)39-37-35-33-31-29-27-24-19-17-15-13-11-9-7-5-2/h13,15,18-20,24,44,47H,4-12,14,16-17,21-23,25-43H2,1-3H3,(H,50,51)/b15-13-,20-18-,24-19-. The molecule has 0 fully saturated rings. The Morgan fingerprint density at radius 1 is 0.554 bits per heavy atom. The number of phosphoric acid groups is 1. The first-order valence-electron chi connectivity index (χ1n) is 22.9. The van der Waals surface area contributed by atoms with E-state index in [1.807, 2.05) is 0 Å². The van der Waals surface area contributed by atoms with Gasteiger partial charge in [0.05, 0.1) is 13.2 Å². The predicted octanol–water partition coefficient (Wildman–Crippen LogP) is 13.2. The van der Waals surface area contributed by atoms with Crippen LogP contribution in [0.2, 0.25) is 0 Å². The first-order chi connectivity index (χ1) is 27.3. The second-order valence-electron chi connectivity index (χ2n) is 15.2. The summed E-state index contributed by atoms with van der Waals surface area (Å²) in [6.07, 6.45) is 46.1. The predicted molar refractivity (Wildman–Crippen MR) is 234 cm³/mol. The molecule has 0 saturated carbocycles. The van der Waals surface area contributed by atoms with E-state index in [1.54, 1.807) is 7.05 Å². The fourth-order valence-corrected chi connectivity index (χ4v) is 6.98. The van der Waals surface area contributed by atoms with Gasteiger partial charge < -0.3 is 19.7 Å². The number of carbonyl (C=O) groups excluding carboxylic acids is 2. The molecule has 0 saturated heterocycles. The number of esters is 2. The lowest BCUT2D eigenvalue weighted by molar-refractivity contribution is -0.161. The summed E-state index contributed by atoms with van der Waals surface area (Å²) in [5, 5.41) is 2.82. The summed E-state index contributed by atoms with van der Waals surface area (Å²) in [5.74, 6) is -0.821. The van der Waals surface area contributed by atoms with Gasteiger partial charge in [0.25, 0.3) is 0 Å². The number of hydrogen-bond acceptors (Lipinski definition) is 8. The van der Waals surface area contributed by atoms with Gasteiger partial charge in [-0.15, -0.1) is 0 Å². The summed E-state index contributed by atoms with van der Waals surface area (Å²) in [5.41, 5.74) is 0. The fraction of sp³-hybridized carbons (Fsp3) is 0.826. The zero-order chi connectivity index (χ0) is 41.1. The number of phosphoric ester groups is 1. The van der Waals surface area contributed by atoms with Crippen molar-refractivity contribution in [3.63, 3.8) is 0 Å². The molecular formula is C46H86NO8P. The molecule has 0 aliphatic heterocycles. The van der Waals surface area contributed by atoms with Crippen molar-refractivity contribution in [2.24, 2.45) is 0 Å². The SMILES string of the molecule is CCCCC/C=C\C/C=C\CCCCCCCC(=O)OC(COC(=O)CCCCCCCCCCC/C=C\CCCCCCCC)COP(=O)(O)OCCNC. The van der Waals surface area contributed by atoms with Crippen molar-refractivity contribution in [1.29, 1.82) is 0 Å². The third-order valence-corrected chi connectivity index (χ3v) is 10.7. The number of likely N-dealkylation sites (N-methyl/N-ethyl adjacent to an activating group) is 1. The summed E-state index contributed by atoms with van der Waals surface area (Å²) < 4.78 is 33.2. The maximum atomic E-state index is 12.6. The Bertz CT molecular complexity index is 1020. The average Bonchev–Trinajstić information content (AvgIpc) is 3.18. The minimum absolute atomic E-state index is 0.0200. The topological polar surface area (TPSA) is 120 Å². The van der Waals surface area contributed by atoms with Crippen molar-refractivity contribution in [2.75, 3.05) is 33.4 Å². The van der Waals surface area contributed by atoms with Crippen LogP contribution in [0.15, 0.2) is 36.5 Å². The number of rotatable bonds is 43. The number of allylic oxidation sites excluding steroid dienone is 6. The number of hydrogen-bond donors (Lipinski definition) is 2. The summed E-state index contributed by atoms with van der Waals surface area (Å²) in [6, 6.07) is 0. The lowest BCUT2D eigenvalue weighted by Gasteiger charge is -2.20. The molecule has 0 aliphatic rings. The molecule has 9 nitrogen and oxygen atoms in total. The van der Waals surface area contributed by atoms with E-state index in [9.17, 15) is 19.0 Å². The van der Waals surface area contributed by atoms with Crippen LogP contribution in [0, 0.1) is 0 Å². The van der Waals surface area contributed by atoms with Gasteiger partial charge >= 0.3 is 19.8 Å². The molecule has 2 N–H and O–H groups in total. The number of ether oxygens (including phenoxy) is 2. The van der Waals surface area contributed by atoms with Gasteiger partial charge in [-0.05, 0) is 77.7 Å². The van der Waals surface area contributed by atoms with Crippen LogP contribution in [-0.4, -0.2) is 56.3 Å². The van der Waals surface area contributed by atoms with Crippen LogP contribution in [0.3, 0.4) is 0 Å². The highest BCUT2D eigenvalue weighted by atomic mass is 31.2. The average molecular weight is 812 g/mol. The van der Waals surface area contributed by atoms with Crippen LogP contribution < -0.4 is 5.32 Å². The summed E-state index contributed by atoms with van der Waals surface area (Å²) in [6.45, 7) is 4.19. The molecule has 0 rings (SSSR count). The Morgan fingerprint density at radius 3 is 1.46 bits per heavy atom. The normalized spacial score (nSPS) is 13.6. The zero-order valence-corrected chi connectivity index (χ0v) is 37.2. The van der Waals surface area contributed by atoms with E-state index in [1.165, 1.54) is 116 Å². The van der Waals surface area contributed by atoms with Crippen LogP contribution in [-0.2, 0) is 32.7 Å². The molecule has 0 aromatic rings. The van der Waals surface area contributed by atoms with E-state index < -0.39 is 26.5 Å². The van der Waals surface area contributed by atoms with E-state index in [4.69, 9.17) is 18.5 Å². The lowest BCUT2D eigenvalue weighted by Crippen LogP contribution is -2.29. The van der Waals surface area contributed by atoms with Gasteiger partial charge in [0, 0.05) is 19.4 Å². The van der Waals surface area contributed by atoms with E-state index in [2.05, 4.69) is 55.6 Å². The fourth-order valence-electron chi connectivity index (χ4n) is 6.22.